The van der Waals surface area contributed by atoms with Gasteiger partial charge in [0.1, 0.15) is 0 Å². The summed E-state index contributed by atoms with van der Waals surface area (Å²) in [4.78, 5) is 0. The molecule has 1 saturated carbocycles. The Morgan fingerprint density at radius 2 is 2.20 bits per heavy atom. The van der Waals surface area contributed by atoms with Crippen LogP contribution < -0.4 is 5.32 Å². The van der Waals surface area contributed by atoms with Crippen molar-refractivity contribution in [3.05, 3.63) is 20.8 Å². The molecule has 1 aromatic rings. The van der Waals surface area contributed by atoms with E-state index in [4.69, 9.17) is 4.74 Å². The number of hydrogen-bond donors (Lipinski definition) is 1. The predicted octanol–water partition coefficient (Wildman–Crippen LogP) is 4.90. The molecule has 0 bridgehead atoms. The highest BCUT2D eigenvalue weighted by atomic mass is 79.9. The molecule has 4 heteroatoms. The zero-order valence-electron chi connectivity index (χ0n) is 12.2. The van der Waals surface area contributed by atoms with Gasteiger partial charge in [-0.05, 0) is 71.6 Å². The second kappa shape index (κ2) is 6.47. The SMILES string of the molecule is CNC(c1csc(Br)c1)C1CCOC2(CCCCC2)C1. The van der Waals surface area contributed by atoms with E-state index in [0.29, 0.717) is 12.0 Å². The van der Waals surface area contributed by atoms with Gasteiger partial charge in [0.15, 0.2) is 0 Å². The molecule has 3 rings (SSSR count). The molecule has 1 saturated heterocycles. The van der Waals surface area contributed by atoms with Crippen molar-refractivity contribution in [2.45, 2.75) is 56.6 Å². The van der Waals surface area contributed by atoms with E-state index in [1.807, 2.05) is 0 Å². The van der Waals surface area contributed by atoms with Gasteiger partial charge in [-0.15, -0.1) is 11.3 Å². The van der Waals surface area contributed by atoms with Crippen LogP contribution >= 0.6 is 27.3 Å². The Balaban J connectivity index is 1.74. The van der Waals surface area contributed by atoms with Crippen LogP contribution in [0.25, 0.3) is 0 Å². The molecule has 2 unspecified atom stereocenters. The van der Waals surface area contributed by atoms with E-state index in [-0.39, 0.29) is 5.60 Å². The van der Waals surface area contributed by atoms with Gasteiger partial charge in [0.2, 0.25) is 0 Å². The maximum atomic E-state index is 6.24. The Hall–Kier alpha value is 0.1000. The lowest BCUT2D eigenvalue weighted by atomic mass is 9.73. The minimum absolute atomic E-state index is 0.198. The number of hydrogen-bond acceptors (Lipinski definition) is 3. The minimum atomic E-state index is 0.198. The van der Waals surface area contributed by atoms with Crippen LogP contribution in [0.4, 0.5) is 0 Å². The van der Waals surface area contributed by atoms with E-state index in [1.54, 1.807) is 11.3 Å². The lowest BCUT2D eigenvalue weighted by Crippen LogP contribution is -2.44. The van der Waals surface area contributed by atoms with Gasteiger partial charge in [0.25, 0.3) is 0 Å². The predicted molar refractivity (Wildman–Crippen MR) is 88.3 cm³/mol. The number of ether oxygens (including phenoxy) is 1. The van der Waals surface area contributed by atoms with Crippen LogP contribution in [0.3, 0.4) is 0 Å². The molecule has 0 amide bonds. The van der Waals surface area contributed by atoms with Gasteiger partial charge in [0, 0.05) is 12.6 Å². The highest BCUT2D eigenvalue weighted by Crippen LogP contribution is 2.44. The zero-order chi connectivity index (χ0) is 14.0. The maximum absolute atomic E-state index is 6.24. The lowest BCUT2D eigenvalue weighted by molar-refractivity contribution is -0.121. The fourth-order valence-corrected chi connectivity index (χ4v) is 5.27. The van der Waals surface area contributed by atoms with Crippen molar-refractivity contribution in [1.82, 2.24) is 5.32 Å². The van der Waals surface area contributed by atoms with Gasteiger partial charge < -0.3 is 10.1 Å². The van der Waals surface area contributed by atoms with E-state index in [9.17, 15) is 0 Å². The first-order valence-electron chi connectivity index (χ1n) is 7.78. The largest absolute Gasteiger partial charge is 0.375 e. The second-order valence-corrected chi connectivity index (χ2v) is 8.59. The fourth-order valence-electron chi connectivity index (χ4n) is 4.06. The minimum Gasteiger partial charge on any atom is -0.375 e. The number of thiophene rings is 1. The highest BCUT2D eigenvalue weighted by molar-refractivity contribution is 9.11. The van der Waals surface area contributed by atoms with Crippen LogP contribution in [0.1, 0.15) is 56.6 Å². The number of halogens is 1. The molecule has 2 heterocycles. The molecule has 0 aromatic carbocycles. The van der Waals surface area contributed by atoms with Crippen LogP contribution in [0, 0.1) is 5.92 Å². The third kappa shape index (κ3) is 3.13. The topological polar surface area (TPSA) is 21.3 Å². The molecular formula is C16H24BrNOS. The van der Waals surface area contributed by atoms with Crippen LogP contribution in [0.5, 0.6) is 0 Å². The van der Waals surface area contributed by atoms with Crippen molar-refractivity contribution >= 4 is 27.3 Å². The summed E-state index contributed by atoms with van der Waals surface area (Å²) < 4.78 is 7.47. The molecule has 1 spiro atoms. The maximum Gasteiger partial charge on any atom is 0.0701 e. The Labute approximate surface area is 134 Å². The van der Waals surface area contributed by atoms with E-state index in [0.717, 1.165) is 6.61 Å². The van der Waals surface area contributed by atoms with Gasteiger partial charge in [-0.2, -0.15) is 0 Å². The van der Waals surface area contributed by atoms with E-state index < -0.39 is 0 Å². The summed E-state index contributed by atoms with van der Waals surface area (Å²) in [6, 6.07) is 2.75. The summed E-state index contributed by atoms with van der Waals surface area (Å²) in [5, 5.41) is 5.84. The van der Waals surface area contributed by atoms with Crippen molar-refractivity contribution in [2.24, 2.45) is 5.92 Å². The van der Waals surface area contributed by atoms with E-state index >= 15 is 0 Å². The molecule has 1 N–H and O–H groups in total. The average molecular weight is 358 g/mol. The average Bonchev–Trinajstić information content (AvgIpc) is 2.87. The van der Waals surface area contributed by atoms with Gasteiger partial charge >= 0.3 is 0 Å². The first-order valence-corrected chi connectivity index (χ1v) is 9.45. The van der Waals surface area contributed by atoms with Gasteiger partial charge in [-0.1, -0.05) is 19.3 Å². The molecule has 1 aromatic heterocycles. The van der Waals surface area contributed by atoms with E-state index in [2.05, 4.69) is 39.7 Å². The second-order valence-electron chi connectivity index (χ2n) is 6.30. The quantitative estimate of drug-likeness (QED) is 0.830. The number of nitrogens with one attached hydrogen (secondary N) is 1. The molecule has 2 atom stereocenters. The van der Waals surface area contributed by atoms with Gasteiger partial charge in [-0.25, -0.2) is 0 Å². The number of rotatable bonds is 3. The molecular weight excluding hydrogens is 334 g/mol. The first kappa shape index (κ1) is 15.0. The van der Waals surface area contributed by atoms with Crippen molar-refractivity contribution in [2.75, 3.05) is 13.7 Å². The van der Waals surface area contributed by atoms with Gasteiger partial charge in [0.05, 0.1) is 9.39 Å². The van der Waals surface area contributed by atoms with Crippen molar-refractivity contribution in [3.8, 4) is 0 Å². The van der Waals surface area contributed by atoms with Crippen molar-refractivity contribution in [3.63, 3.8) is 0 Å². The molecule has 2 nitrogen and oxygen atoms in total. The molecule has 1 aliphatic heterocycles. The highest BCUT2D eigenvalue weighted by Gasteiger charge is 2.40. The molecule has 112 valence electrons. The standard InChI is InChI=1S/C16H24BrNOS/c1-18-15(13-9-14(17)20-11-13)12-5-8-19-16(10-12)6-3-2-4-7-16/h9,11-12,15,18H,2-8,10H2,1H3. The summed E-state index contributed by atoms with van der Waals surface area (Å²) in [6.45, 7) is 0.939. The molecule has 1 aliphatic carbocycles. The summed E-state index contributed by atoms with van der Waals surface area (Å²) in [5.74, 6) is 0.702. The van der Waals surface area contributed by atoms with Crippen molar-refractivity contribution in [1.29, 1.82) is 0 Å². The summed E-state index contributed by atoms with van der Waals surface area (Å²) in [6.07, 6.45) is 9.04. The monoisotopic (exact) mass is 357 g/mol. The summed E-state index contributed by atoms with van der Waals surface area (Å²) in [5.41, 5.74) is 1.63. The Morgan fingerprint density at radius 1 is 1.40 bits per heavy atom. The molecule has 2 aliphatic rings. The Morgan fingerprint density at radius 3 is 2.85 bits per heavy atom. The molecule has 0 radical (unpaired) electrons. The van der Waals surface area contributed by atoms with Crippen molar-refractivity contribution < 1.29 is 4.74 Å². The first-order chi connectivity index (χ1) is 9.72. The van der Waals surface area contributed by atoms with Crippen LogP contribution in [0.2, 0.25) is 0 Å². The third-order valence-electron chi connectivity index (χ3n) is 5.03. The fraction of sp³-hybridized carbons (Fsp3) is 0.750. The normalized spacial score (nSPS) is 27.6. The summed E-state index contributed by atoms with van der Waals surface area (Å²) in [7, 11) is 2.10. The van der Waals surface area contributed by atoms with Crippen LogP contribution in [-0.2, 0) is 4.74 Å². The van der Waals surface area contributed by atoms with Crippen LogP contribution in [-0.4, -0.2) is 19.3 Å². The van der Waals surface area contributed by atoms with E-state index in [1.165, 1.54) is 54.3 Å². The molecule has 2 fully saturated rings. The van der Waals surface area contributed by atoms with Crippen LogP contribution in [0.15, 0.2) is 15.2 Å². The summed E-state index contributed by atoms with van der Waals surface area (Å²) >= 11 is 5.37. The Kier molecular flexibility index (Phi) is 4.86. The lowest BCUT2D eigenvalue weighted by Gasteiger charge is -2.45. The molecule has 20 heavy (non-hydrogen) atoms. The Bertz CT molecular complexity index is 436. The van der Waals surface area contributed by atoms with Gasteiger partial charge in [-0.3, -0.25) is 0 Å². The smallest absolute Gasteiger partial charge is 0.0701 e. The third-order valence-corrected chi connectivity index (χ3v) is 6.55. The zero-order valence-corrected chi connectivity index (χ0v) is 14.6.